The summed E-state index contributed by atoms with van der Waals surface area (Å²) < 4.78 is 2.06. The molecule has 1 atom stereocenters. The first kappa shape index (κ1) is 18.1. The zero-order valence-corrected chi connectivity index (χ0v) is 15.6. The van der Waals surface area contributed by atoms with Gasteiger partial charge in [0.2, 0.25) is 5.82 Å². The highest BCUT2D eigenvalue weighted by Crippen LogP contribution is 2.30. The second-order valence-electron chi connectivity index (χ2n) is 7.83. The number of aliphatic hydroxyl groups excluding tert-OH is 1. The number of quaternary nitrogens is 1. The van der Waals surface area contributed by atoms with E-state index in [9.17, 15) is 5.11 Å². The topological polar surface area (TPSA) is 92.1 Å². The molecule has 2 aromatic rings. The number of aromatic nitrogens is 4. The van der Waals surface area contributed by atoms with Crippen molar-refractivity contribution >= 4 is 0 Å². The van der Waals surface area contributed by atoms with Crippen LogP contribution in [0.5, 0.6) is 0 Å². The molecule has 0 bridgehead atoms. The molecular weight excluding hydrogens is 340 g/mol. The average molecular weight is 367 g/mol. The Morgan fingerprint density at radius 3 is 2.44 bits per heavy atom. The molecule has 1 saturated heterocycles. The molecule has 4 rings (SSSR count). The van der Waals surface area contributed by atoms with Crippen LogP contribution in [0.1, 0.15) is 74.0 Å². The number of rotatable bonds is 4. The normalized spacial score (nSPS) is 25.0. The number of hydrogen-bond acceptors (Lipinski definition) is 5. The maximum atomic E-state index is 9.94. The van der Waals surface area contributed by atoms with E-state index in [0.29, 0.717) is 11.6 Å². The number of nitriles is 1. The highest BCUT2D eigenvalue weighted by atomic mass is 16.3. The third-order valence-corrected chi connectivity index (χ3v) is 6.08. The predicted molar refractivity (Wildman–Crippen MR) is 98.9 cm³/mol. The van der Waals surface area contributed by atoms with Crippen LogP contribution in [0.25, 0.3) is 0 Å². The number of piperidine rings is 1. The Morgan fingerprint density at radius 2 is 1.78 bits per heavy atom. The van der Waals surface area contributed by atoms with Gasteiger partial charge in [0.1, 0.15) is 0 Å². The number of nitrogens with zero attached hydrogens (tertiary/aromatic N) is 5. The number of likely N-dealkylation sites (tertiary alicyclic amines) is 1. The molecule has 2 fully saturated rings. The van der Waals surface area contributed by atoms with E-state index in [2.05, 4.69) is 26.3 Å². The lowest BCUT2D eigenvalue weighted by atomic mass is 9.94. The molecule has 1 aliphatic heterocycles. The Balaban J connectivity index is 1.69. The highest BCUT2D eigenvalue weighted by molar-refractivity contribution is 5.33. The zero-order chi connectivity index (χ0) is 18.6. The first-order chi connectivity index (χ1) is 13.3. The first-order valence-corrected chi connectivity index (χ1v) is 10.1. The van der Waals surface area contributed by atoms with Crippen molar-refractivity contribution in [2.24, 2.45) is 0 Å². The molecule has 142 valence electrons. The second kappa shape index (κ2) is 8.15. The zero-order valence-electron chi connectivity index (χ0n) is 15.6. The molecule has 0 radical (unpaired) electrons. The van der Waals surface area contributed by atoms with E-state index in [-0.39, 0.29) is 12.1 Å². The molecule has 2 N–H and O–H groups in total. The minimum Gasteiger partial charge on any atom is -0.393 e. The Morgan fingerprint density at radius 1 is 1.07 bits per heavy atom. The number of aliphatic hydroxyl groups is 1. The van der Waals surface area contributed by atoms with E-state index in [1.54, 1.807) is 0 Å². The fraction of sp³-hybridized carbons (Fsp3) is 0.600. The molecule has 0 amide bonds. The summed E-state index contributed by atoms with van der Waals surface area (Å²) in [6.07, 6.45) is 7.41. The molecule has 7 heteroatoms. The van der Waals surface area contributed by atoms with Crippen LogP contribution < -0.4 is 4.90 Å². The Labute approximate surface area is 159 Å². The number of benzene rings is 1. The van der Waals surface area contributed by atoms with E-state index in [1.807, 2.05) is 24.3 Å². The Hall–Kier alpha value is -2.30. The molecule has 0 unspecified atom stereocenters. The summed E-state index contributed by atoms with van der Waals surface area (Å²) in [6.45, 7) is 1.78. The standard InChI is InChI=1S/C20H26N6O/c21-14-15-6-8-16(9-7-15)19(25-12-10-18(27)11-13-25)20-22-23-24-26(20)17-4-2-1-3-5-17/h6-9,17-19,27H,1-5,10-13H2/p+1/t19-/m1/s1. The number of nitrogens with one attached hydrogen (secondary N) is 1. The van der Waals surface area contributed by atoms with Gasteiger partial charge in [-0.25, -0.2) is 4.68 Å². The van der Waals surface area contributed by atoms with Crippen LogP contribution in [-0.2, 0) is 0 Å². The molecule has 1 aliphatic carbocycles. The molecule has 0 spiro atoms. The van der Waals surface area contributed by atoms with Crippen LogP contribution in [0.4, 0.5) is 0 Å². The van der Waals surface area contributed by atoms with Gasteiger partial charge in [-0.3, -0.25) is 0 Å². The van der Waals surface area contributed by atoms with Gasteiger partial charge in [0.05, 0.1) is 36.9 Å². The predicted octanol–water partition coefficient (Wildman–Crippen LogP) is 1.18. The molecular formula is C20H27N6O+. The molecule has 27 heavy (non-hydrogen) atoms. The molecule has 2 heterocycles. The van der Waals surface area contributed by atoms with E-state index in [0.717, 1.165) is 50.2 Å². The third-order valence-electron chi connectivity index (χ3n) is 6.08. The van der Waals surface area contributed by atoms with Crippen LogP contribution >= 0.6 is 0 Å². The van der Waals surface area contributed by atoms with Crippen LogP contribution in [0, 0.1) is 11.3 Å². The minimum atomic E-state index is -0.204. The summed E-state index contributed by atoms with van der Waals surface area (Å²) in [5.41, 5.74) is 1.79. The summed E-state index contributed by atoms with van der Waals surface area (Å²) in [7, 11) is 0. The van der Waals surface area contributed by atoms with Gasteiger partial charge in [0.15, 0.2) is 6.04 Å². The van der Waals surface area contributed by atoms with Crippen molar-refractivity contribution in [2.75, 3.05) is 13.1 Å². The van der Waals surface area contributed by atoms with Crippen molar-refractivity contribution in [1.82, 2.24) is 20.2 Å². The van der Waals surface area contributed by atoms with E-state index in [1.165, 1.54) is 24.2 Å². The summed E-state index contributed by atoms with van der Waals surface area (Å²) in [4.78, 5) is 1.39. The average Bonchev–Trinajstić information content (AvgIpc) is 3.20. The summed E-state index contributed by atoms with van der Waals surface area (Å²) in [5, 5.41) is 31.9. The summed E-state index contributed by atoms with van der Waals surface area (Å²) in [5.74, 6) is 0.915. The van der Waals surface area contributed by atoms with E-state index < -0.39 is 0 Å². The van der Waals surface area contributed by atoms with Gasteiger partial charge in [-0.1, -0.05) is 31.4 Å². The summed E-state index contributed by atoms with van der Waals surface area (Å²) >= 11 is 0. The minimum absolute atomic E-state index is 0.0298. The first-order valence-electron chi connectivity index (χ1n) is 10.1. The Kier molecular flexibility index (Phi) is 5.46. The third kappa shape index (κ3) is 3.87. The van der Waals surface area contributed by atoms with Crippen LogP contribution in [0.3, 0.4) is 0 Å². The molecule has 7 nitrogen and oxygen atoms in total. The van der Waals surface area contributed by atoms with Crippen molar-refractivity contribution < 1.29 is 10.0 Å². The number of hydrogen-bond donors (Lipinski definition) is 2. The van der Waals surface area contributed by atoms with Gasteiger partial charge < -0.3 is 10.0 Å². The monoisotopic (exact) mass is 367 g/mol. The van der Waals surface area contributed by atoms with Crippen LogP contribution in [-0.4, -0.2) is 44.5 Å². The maximum absolute atomic E-state index is 9.94. The number of tetrazole rings is 1. The van der Waals surface area contributed by atoms with Gasteiger partial charge in [0.25, 0.3) is 0 Å². The van der Waals surface area contributed by atoms with Gasteiger partial charge >= 0.3 is 0 Å². The largest absolute Gasteiger partial charge is 0.393 e. The fourth-order valence-electron chi connectivity index (χ4n) is 4.56. The Bertz CT molecular complexity index is 782. The van der Waals surface area contributed by atoms with E-state index in [4.69, 9.17) is 5.26 Å². The van der Waals surface area contributed by atoms with E-state index >= 15 is 0 Å². The SMILES string of the molecule is N#Cc1ccc([C@H](c2nnnn2C2CCCCC2)[NH+]2CCC(O)CC2)cc1. The lowest BCUT2D eigenvalue weighted by Gasteiger charge is -2.33. The molecule has 1 aromatic carbocycles. The smallest absolute Gasteiger partial charge is 0.214 e. The quantitative estimate of drug-likeness (QED) is 0.847. The summed E-state index contributed by atoms with van der Waals surface area (Å²) in [6, 6.07) is 10.4. The molecule has 1 aromatic heterocycles. The second-order valence-corrected chi connectivity index (χ2v) is 7.83. The molecule has 1 saturated carbocycles. The van der Waals surface area contributed by atoms with Gasteiger partial charge in [0, 0.05) is 18.4 Å². The maximum Gasteiger partial charge on any atom is 0.214 e. The lowest BCUT2D eigenvalue weighted by molar-refractivity contribution is -0.932. The molecule has 2 aliphatic rings. The lowest BCUT2D eigenvalue weighted by Crippen LogP contribution is -3.13. The van der Waals surface area contributed by atoms with Gasteiger partial charge in [-0.2, -0.15) is 5.26 Å². The van der Waals surface area contributed by atoms with Crippen molar-refractivity contribution in [2.45, 2.75) is 63.1 Å². The highest BCUT2D eigenvalue weighted by Gasteiger charge is 2.35. The van der Waals surface area contributed by atoms with Crippen LogP contribution in [0.2, 0.25) is 0 Å². The van der Waals surface area contributed by atoms with Gasteiger partial charge in [-0.05, 0) is 35.4 Å². The van der Waals surface area contributed by atoms with Crippen LogP contribution in [0.15, 0.2) is 24.3 Å². The van der Waals surface area contributed by atoms with Crippen molar-refractivity contribution in [3.63, 3.8) is 0 Å². The van der Waals surface area contributed by atoms with Crippen molar-refractivity contribution in [3.8, 4) is 6.07 Å². The fourth-order valence-corrected chi connectivity index (χ4v) is 4.56. The van der Waals surface area contributed by atoms with Gasteiger partial charge in [-0.15, -0.1) is 5.10 Å². The van der Waals surface area contributed by atoms with Crippen molar-refractivity contribution in [1.29, 1.82) is 5.26 Å². The van der Waals surface area contributed by atoms with Crippen molar-refractivity contribution in [3.05, 3.63) is 41.2 Å².